The van der Waals surface area contributed by atoms with Crippen molar-refractivity contribution in [1.29, 1.82) is 0 Å². The van der Waals surface area contributed by atoms with Gasteiger partial charge in [-0.2, -0.15) is 0 Å². The third-order valence-electron chi connectivity index (χ3n) is 9.90. The molecule has 0 spiro atoms. The summed E-state index contributed by atoms with van der Waals surface area (Å²) in [5, 5.41) is 5.83. The van der Waals surface area contributed by atoms with E-state index in [2.05, 4.69) is 84.5 Å². The molecule has 3 saturated carbocycles. The molecular formula is C24H24N2. The molecule has 130 valence electrons. The molecule has 3 aliphatic carbocycles. The van der Waals surface area contributed by atoms with E-state index < -0.39 is 0 Å². The number of rotatable bonds is 2. The van der Waals surface area contributed by atoms with Crippen LogP contribution in [0.5, 0.6) is 0 Å². The fraction of sp³-hybridized carbons (Fsp3) is 0.500. The average Bonchev–Trinajstić information content (AvgIpc) is 3.27. The van der Waals surface area contributed by atoms with E-state index in [-0.39, 0.29) is 16.5 Å². The highest BCUT2D eigenvalue weighted by atomic mass is 15.8. The summed E-state index contributed by atoms with van der Waals surface area (Å²) in [5.41, 5.74) is 3.77. The fourth-order valence-electron chi connectivity index (χ4n) is 9.93. The predicted octanol–water partition coefficient (Wildman–Crippen LogP) is 4.00. The van der Waals surface area contributed by atoms with Crippen LogP contribution in [0.3, 0.4) is 0 Å². The molecule has 0 N–H and O–H groups in total. The number of hydrogen-bond acceptors (Lipinski definition) is 2. The molecule has 7 aliphatic rings. The van der Waals surface area contributed by atoms with Crippen LogP contribution in [0.15, 0.2) is 60.7 Å². The summed E-state index contributed by atoms with van der Waals surface area (Å²) in [6, 6.07) is 24.8. The lowest BCUT2D eigenvalue weighted by atomic mass is 9.61. The fourth-order valence-corrected chi connectivity index (χ4v) is 9.93. The summed E-state index contributed by atoms with van der Waals surface area (Å²) < 4.78 is 0. The smallest absolute Gasteiger partial charge is 0.0716 e. The van der Waals surface area contributed by atoms with Crippen LogP contribution < -0.4 is 0 Å². The third-order valence-corrected chi connectivity index (χ3v) is 9.90. The SMILES string of the molecule is CC1(C)C2(c3ccccc3)C3C4CC5C6C4N2N6C1(c1ccccc1)C53. The molecule has 0 radical (unpaired) electrons. The maximum atomic E-state index is 2.92. The Balaban J connectivity index is 1.52. The molecule has 0 aromatic heterocycles. The monoisotopic (exact) mass is 340 g/mol. The standard InChI is InChI=1S/C24H24N2/c1-22(2)23(14-9-5-3-6-10-14)18-16-13-17-19(18)24(22,15-11-7-4-8-12-15)26-21(17)20(16)25(23)26/h3-12,16-21H,13H2,1-2H3. The van der Waals surface area contributed by atoms with Crippen LogP contribution >= 0.6 is 0 Å². The minimum absolute atomic E-state index is 0.200. The quantitative estimate of drug-likeness (QED) is 0.815. The molecule has 2 heteroatoms. The second-order valence-electron chi connectivity index (χ2n) is 10.2. The second-order valence-corrected chi connectivity index (χ2v) is 10.2. The molecule has 26 heavy (non-hydrogen) atoms. The minimum Gasteiger partial charge on any atom is -0.224 e. The van der Waals surface area contributed by atoms with Crippen molar-refractivity contribution in [3.8, 4) is 0 Å². The van der Waals surface area contributed by atoms with Crippen LogP contribution in [0.1, 0.15) is 31.4 Å². The first-order valence-corrected chi connectivity index (χ1v) is 10.4. The lowest BCUT2D eigenvalue weighted by Crippen LogP contribution is -2.69. The number of hydrogen-bond donors (Lipinski definition) is 0. The first kappa shape index (κ1) is 13.5. The van der Waals surface area contributed by atoms with Crippen LogP contribution in [0, 0.1) is 29.1 Å². The highest BCUT2D eigenvalue weighted by Gasteiger charge is 3.00. The van der Waals surface area contributed by atoms with Gasteiger partial charge in [-0.25, -0.2) is 10.0 Å². The Hall–Kier alpha value is -1.64. The first-order chi connectivity index (χ1) is 12.7. The van der Waals surface area contributed by atoms with Crippen LogP contribution in [0.2, 0.25) is 0 Å². The Morgan fingerprint density at radius 3 is 1.54 bits per heavy atom. The van der Waals surface area contributed by atoms with E-state index in [0.29, 0.717) is 0 Å². The van der Waals surface area contributed by atoms with Gasteiger partial charge in [0, 0.05) is 17.5 Å². The van der Waals surface area contributed by atoms with Crippen molar-refractivity contribution in [2.75, 3.05) is 0 Å². The van der Waals surface area contributed by atoms with Gasteiger partial charge in [-0.05, 0) is 41.2 Å². The van der Waals surface area contributed by atoms with Crippen LogP contribution in [0.4, 0.5) is 0 Å². The molecule has 4 heterocycles. The van der Waals surface area contributed by atoms with Crippen molar-refractivity contribution in [1.82, 2.24) is 10.0 Å². The summed E-state index contributed by atoms with van der Waals surface area (Å²) in [7, 11) is 0. The predicted molar refractivity (Wildman–Crippen MR) is 99.9 cm³/mol. The number of hydrazine groups is 1. The van der Waals surface area contributed by atoms with Crippen molar-refractivity contribution in [3.63, 3.8) is 0 Å². The maximum Gasteiger partial charge on any atom is 0.0716 e. The Labute approximate surface area is 154 Å². The van der Waals surface area contributed by atoms with Crippen molar-refractivity contribution in [2.45, 2.75) is 43.4 Å². The zero-order valence-electron chi connectivity index (χ0n) is 15.3. The molecule has 9 rings (SSSR count). The molecule has 2 aromatic rings. The summed E-state index contributed by atoms with van der Waals surface area (Å²) in [6.45, 7) is 5.20. The maximum absolute atomic E-state index is 2.92. The molecule has 8 unspecified atom stereocenters. The Morgan fingerprint density at radius 1 is 0.692 bits per heavy atom. The van der Waals surface area contributed by atoms with Gasteiger partial charge in [0.05, 0.1) is 11.1 Å². The Morgan fingerprint density at radius 2 is 1.12 bits per heavy atom. The topological polar surface area (TPSA) is 6.48 Å². The Bertz CT molecular complexity index is 887. The van der Waals surface area contributed by atoms with Gasteiger partial charge in [0.25, 0.3) is 0 Å². The molecule has 8 atom stereocenters. The molecule has 4 aliphatic heterocycles. The molecule has 4 bridgehead atoms. The van der Waals surface area contributed by atoms with Crippen molar-refractivity contribution < 1.29 is 0 Å². The van der Waals surface area contributed by atoms with E-state index in [1.165, 1.54) is 6.42 Å². The van der Waals surface area contributed by atoms with Gasteiger partial charge in [-0.15, -0.1) is 0 Å². The van der Waals surface area contributed by atoms with Gasteiger partial charge >= 0.3 is 0 Å². The van der Waals surface area contributed by atoms with Gasteiger partial charge in [0.1, 0.15) is 0 Å². The van der Waals surface area contributed by atoms with E-state index >= 15 is 0 Å². The van der Waals surface area contributed by atoms with Crippen LogP contribution in [-0.4, -0.2) is 22.1 Å². The number of nitrogens with zero attached hydrogens (tertiary/aromatic N) is 2. The van der Waals surface area contributed by atoms with Gasteiger partial charge in [-0.3, -0.25) is 0 Å². The molecular weight excluding hydrogens is 316 g/mol. The lowest BCUT2D eigenvalue weighted by molar-refractivity contribution is -0.225. The van der Waals surface area contributed by atoms with Crippen LogP contribution in [-0.2, 0) is 11.1 Å². The Kier molecular flexibility index (Phi) is 1.85. The molecule has 2 aromatic carbocycles. The summed E-state index contributed by atoms with van der Waals surface area (Å²) in [5.74, 6) is 3.54. The highest BCUT2D eigenvalue weighted by Crippen LogP contribution is 2.93. The van der Waals surface area contributed by atoms with Gasteiger partial charge < -0.3 is 0 Å². The van der Waals surface area contributed by atoms with Crippen LogP contribution in [0.25, 0.3) is 0 Å². The lowest BCUT2D eigenvalue weighted by Gasteiger charge is -2.56. The molecule has 2 nitrogen and oxygen atoms in total. The molecule has 0 amide bonds. The van der Waals surface area contributed by atoms with Crippen molar-refractivity contribution in [3.05, 3.63) is 71.8 Å². The zero-order chi connectivity index (χ0) is 17.1. The third kappa shape index (κ3) is 0.869. The first-order valence-electron chi connectivity index (χ1n) is 10.4. The van der Waals surface area contributed by atoms with Crippen molar-refractivity contribution in [2.24, 2.45) is 29.1 Å². The molecule has 7 fully saturated rings. The number of benzene rings is 2. The largest absolute Gasteiger partial charge is 0.224 e. The molecule has 4 saturated heterocycles. The average molecular weight is 340 g/mol. The summed E-state index contributed by atoms with van der Waals surface area (Å²) in [6.07, 6.45) is 1.48. The van der Waals surface area contributed by atoms with E-state index in [1.807, 2.05) is 0 Å². The van der Waals surface area contributed by atoms with Crippen molar-refractivity contribution >= 4 is 0 Å². The summed E-state index contributed by atoms with van der Waals surface area (Å²) >= 11 is 0. The van der Waals surface area contributed by atoms with Gasteiger partial charge in [-0.1, -0.05) is 74.5 Å². The summed E-state index contributed by atoms with van der Waals surface area (Å²) in [4.78, 5) is 0. The zero-order valence-corrected chi connectivity index (χ0v) is 15.3. The van der Waals surface area contributed by atoms with E-state index in [1.54, 1.807) is 11.1 Å². The normalized spacial score (nSPS) is 53.2. The van der Waals surface area contributed by atoms with Gasteiger partial charge in [0.15, 0.2) is 0 Å². The minimum atomic E-state index is 0.200. The van der Waals surface area contributed by atoms with E-state index in [4.69, 9.17) is 0 Å². The second kappa shape index (κ2) is 3.55. The van der Waals surface area contributed by atoms with E-state index in [0.717, 1.165) is 35.8 Å². The highest BCUT2D eigenvalue weighted by molar-refractivity contribution is 5.56. The van der Waals surface area contributed by atoms with E-state index in [9.17, 15) is 0 Å². The van der Waals surface area contributed by atoms with Gasteiger partial charge in [0.2, 0.25) is 0 Å².